The lowest BCUT2D eigenvalue weighted by Crippen LogP contribution is -2.23. The van der Waals surface area contributed by atoms with Gasteiger partial charge in [0.05, 0.1) is 0 Å². The van der Waals surface area contributed by atoms with E-state index >= 15 is 0 Å². The van der Waals surface area contributed by atoms with E-state index in [-0.39, 0.29) is 11.8 Å². The van der Waals surface area contributed by atoms with Gasteiger partial charge in [-0.3, -0.25) is 9.59 Å². The van der Waals surface area contributed by atoms with Gasteiger partial charge >= 0.3 is 0 Å². The van der Waals surface area contributed by atoms with E-state index in [0.29, 0.717) is 25.8 Å². The second-order valence-corrected chi connectivity index (χ2v) is 2.48. The van der Waals surface area contributed by atoms with E-state index in [1.165, 1.54) is 0 Å². The summed E-state index contributed by atoms with van der Waals surface area (Å²) in [7, 11) is 1.59. The van der Waals surface area contributed by atoms with E-state index in [4.69, 9.17) is 0 Å². The summed E-state index contributed by atoms with van der Waals surface area (Å²) in [6.45, 7) is 2.52. The number of amides is 2. The Morgan fingerprint density at radius 3 is 2.25 bits per heavy atom. The normalized spacial score (nSPS) is 9.17. The third-order valence-corrected chi connectivity index (χ3v) is 1.46. The van der Waals surface area contributed by atoms with Crippen molar-refractivity contribution in [3.05, 3.63) is 0 Å². The topological polar surface area (TPSA) is 58.2 Å². The summed E-state index contributed by atoms with van der Waals surface area (Å²) in [5, 5.41) is 5.17. The monoisotopic (exact) mass is 172 g/mol. The third kappa shape index (κ3) is 5.70. The van der Waals surface area contributed by atoms with Crippen LogP contribution in [0, 0.1) is 0 Å². The molecule has 0 aliphatic heterocycles. The van der Waals surface area contributed by atoms with Crippen molar-refractivity contribution in [2.24, 2.45) is 0 Å². The van der Waals surface area contributed by atoms with Crippen LogP contribution < -0.4 is 10.6 Å². The maximum absolute atomic E-state index is 10.9. The lowest BCUT2D eigenvalue weighted by Gasteiger charge is -2.00. The van der Waals surface area contributed by atoms with Crippen LogP contribution in [0.25, 0.3) is 0 Å². The van der Waals surface area contributed by atoms with Crippen LogP contribution in [0.15, 0.2) is 0 Å². The highest BCUT2D eigenvalue weighted by atomic mass is 16.2. The molecular weight excluding hydrogens is 156 g/mol. The Morgan fingerprint density at radius 2 is 1.75 bits per heavy atom. The van der Waals surface area contributed by atoms with Crippen LogP contribution in [0.4, 0.5) is 0 Å². The zero-order chi connectivity index (χ0) is 9.40. The summed E-state index contributed by atoms with van der Waals surface area (Å²) in [6, 6.07) is 0. The molecule has 0 atom stereocenters. The maximum atomic E-state index is 10.9. The van der Waals surface area contributed by atoms with Gasteiger partial charge in [-0.25, -0.2) is 0 Å². The van der Waals surface area contributed by atoms with Gasteiger partial charge in [0.25, 0.3) is 0 Å². The van der Waals surface area contributed by atoms with Crippen LogP contribution in [0.5, 0.6) is 0 Å². The van der Waals surface area contributed by atoms with E-state index in [9.17, 15) is 9.59 Å². The predicted molar refractivity (Wildman–Crippen MR) is 46.6 cm³/mol. The molecule has 0 aliphatic carbocycles. The fraction of sp³-hybridized carbons (Fsp3) is 0.750. The van der Waals surface area contributed by atoms with Gasteiger partial charge in [-0.1, -0.05) is 0 Å². The first-order valence-electron chi connectivity index (χ1n) is 4.18. The van der Waals surface area contributed by atoms with Gasteiger partial charge in [-0.15, -0.1) is 0 Å². The summed E-state index contributed by atoms with van der Waals surface area (Å²) in [5.74, 6) is 0.000650. The van der Waals surface area contributed by atoms with Crippen molar-refractivity contribution in [2.75, 3.05) is 13.6 Å². The Labute approximate surface area is 72.7 Å². The van der Waals surface area contributed by atoms with Crippen molar-refractivity contribution in [3.8, 4) is 0 Å². The van der Waals surface area contributed by atoms with E-state index in [1.54, 1.807) is 7.05 Å². The lowest BCUT2D eigenvalue weighted by molar-refractivity contribution is -0.122. The smallest absolute Gasteiger partial charge is 0.219 e. The molecular formula is C8H16N2O2. The fourth-order valence-corrected chi connectivity index (χ4v) is 0.820. The minimum atomic E-state index is -0.0145. The second kappa shape index (κ2) is 6.64. The molecule has 0 aromatic rings. The molecule has 4 heteroatoms. The van der Waals surface area contributed by atoms with E-state index in [0.717, 1.165) is 0 Å². The van der Waals surface area contributed by atoms with E-state index < -0.39 is 0 Å². The molecule has 0 heterocycles. The summed E-state index contributed by atoms with van der Waals surface area (Å²) < 4.78 is 0. The van der Waals surface area contributed by atoms with Gasteiger partial charge in [0.15, 0.2) is 0 Å². The minimum Gasteiger partial charge on any atom is -0.359 e. The van der Waals surface area contributed by atoms with Crippen LogP contribution >= 0.6 is 0 Å². The van der Waals surface area contributed by atoms with Crippen molar-refractivity contribution < 1.29 is 9.59 Å². The Balaban J connectivity index is 3.30. The molecule has 0 spiro atoms. The van der Waals surface area contributed by atoms with Crippen LogP contribution in [-0.2, 0) is 9.59 Å². The van der Waals surface area contributed by atoms with E-state index in [2.05, 4.69) is 10.6 Å². The van der Waals surface area contributed by atoms with Crippen molar-refractivity contribution in [1.82, 2.24) is 10.6 Å². The Bertz CT molecular complexity index is 157. The van der Waals surface area contributed by atoms with Crippen molar-refractivity contribution in [2.45, 2.75) is 26.2 Å². The molecule has 0 saturated carbocycles. The fourth-order valence-electron chi connectivity index (χ4n) is 0.820. The minimum absolute atomic E-state index is 0.0145. The Morgan fingerprint density at radius 1 is 1.17 bits per heavy atom. The van der Waals surface area contributed by atoms with Gasteiger partial charge in [-0.2, -0.15) is 0 Å². The SMILES string of the molecule is CCNC(=O)CCCC(=O)NC. The predicted octanol–water partition coefficient (Wildman–Crippen LogP) is 0.0388. The number of carbonyl (C=O) groups excluding carboxylic acids is 2. The van der Waals surface area contributed by atoms with Gasteiger partial charge in [-0.05, 0) is 13.3 Å². The maximum Gasteiger partial charge on any atom is 0.219 e. The molecule has 0 aromatic heterocycles. The highest BCUT2D eigenvalue weighted by Gasteiger charge is 2.01. The molecule has 0 saturated heterocycles. The molecule has 2 amide bonds. The molecule has 0 aromatic carbocycles. The molecule has 12 heavy (non-hydrogen) atoms. The second-order valence-electron chi connectivity index (χ2n) is 2.48. The summed E-state index contributed by atoms with van der Waals surface area (Å²) in [6.07, 6.45) is 1.47. The average Bonchev–Trinajstić information content (AvgIpc) is 2.04. The van der Waals surface area contributed by atoms with Crippen molar-refractivity contribution in [3.63, 3.8) is 0 Å². The molecule has 0 bridgehead atoms. The molecule has 0 rings (SSSR count). The molecule has 0 radical (unpaired) electrons. The standard InChI is InChI=1S/C8H16N2O2/c1-3-10-8(12)6-4-5-7(11)9-2/h3-6H2,1-2H3,(H,9,11)(H,10,12). The first-order valence-corrected chi connectivity index (χ1v) is 4.18. The zero-order valence-corrected chi connectivity index (χ0v) is 7.64. The van der Waals surface area contributed by atoms with Gasteiger partial charge in [0.2, 0.25) is 11.8 Å². The number of nitrogens with one attached hydrogen (secondary N) is 2. The number of hydrogen-bond acceptors (Lipinski definition) is 2. The average molecular weight is 172 g/mol. The van der Waals surface area contributed by atoms with Crippen LogP contribution in [0.1, 0.15) is 26.2 Å². The highest BCUT2D eigenvalue weighted by molar-refractivity contribution is 5.78. The number of carbonyl (C=O) groups is 2. The lowest BCUT2D eigenvalue weighted by atomic mass is 10.2. The first kappa shape index (κ1) is 10.9. The van der Waals surface area contributed by atoms with Gasteiger partial charge in [0.1, 0.15) is 0 Å². The van der Waals surface area contributed by atoms with E-state index in [1.807, 2.05) is 6.92 Å². The summed E-state index contributed by atoms with van der Waals surface area (Å²) in [5.41, 5.74) is 0. The highest BCUT2D eigenvalue weighted by Crippen LogP contribution is 1.94. The largest absolute Gasteiger partial charge is 0.359 e. The van der Waals surface area contributed by atoms with Crippen molar-refractivity contribution >= 4 is 11.8 Å². The number of rotatable bonds is 5. The van der Waals surface area contributed by atoms with Crippen LogP contribution in [0.2, 0.25) is 0 Å². The van der Waals surface area contributed by atoms with Crippen LogP contribution in [0.3, 0.4) is 0 Å². The molecule has 70 valence electrons. The number of hydrogen-bond donors (Lipinski definition) is 2. The molecule has 4 nitrogen and oxygen atoms in total. The summed E-state index contributed by atoms with van der Waals surface area (Å²) >= 11 is 0. The Kier molecular flexibility index (Phi) is 6.05. The third-order valence-electron chi connectivity index (χ3n) is 1.46. The molecule has 0 fully saturated rings. The molecule has 2 N–H and O–H groups in total. The first-order chi connectivity index (χ1) is 5.70. The molecule has 0 aliphatic rings. The van der Waals surface area contributed by atoms with Crippen molar-refractivity contribution in [1.29, 1.82) is 0 Å². The van der Waals surface area contributed by atoms with Gasteiger partial charge in [0, 0.05) is 26.4 Å². The Hall–Kier alpha value is -1.06. The zero-order valence-electron chi connectivity index (χ0n) is 7.64. The quantitative estimate of drug-likeness (QED) is 0.615. The molecule has 0 unspecified atom stereocenters. The van der Waals surface area contributed by atoms with Crippen LogP contribution in [-0.4, -0.2) is 25.4 Å². The van der Waals surface area contributed by atoms with Gasteiger partial charge < -0.3 is 10.6 Å². The summed E-state index contributed by atoms with van der Waals surface area (Å²) in [4.78, 5) is 21.6.